The van der Waals surface area contributed by atoms with Crippen LogP contribution in [0.2, 0.25) is 0 Å². The summed E-state index contributed by atoms with van der Waals surface area (Å²) in [5.74, 6) is 0.0327. The lowest BCUT2D eigenvalue weighted by atomic mass is 9.82. The van der Waals surface area contributed by atoms with Crippen molar-refractivity contribution in [3.63, 3.8) is 0 Å². The molecule has 0 aromatic carbocycles. The number of methoxy groups -OCH3 is 1. The summed E-state index contributed by atoms with van der Waals surface area (Å²) in [5, 5.41) is 20.1. The number of aliphatic hydroxyl groups excluding tert-OH is 2. The fourth-order valence-electron chi connectivity index (χ4n) is 2.40. The van der Waals surface area contributed by atoms with E-state index in [1.807, 2.05) is 20.8 Å². The molecule has 1 fully saturated rings. The minimum absolute atomic E-state index is 0.173. The van der Waals surface area contributed by atoms with Gasteiger partial charge in [-0.25, -0.2) is 0 Å². The van der Waals surface area contributed by atoms with Gasteiger partial charge in [0.15, 0.2) is 6.29 Å². The molecule has 1 aliphatic rings. The molecule has 0 aromatic heterocycles. The fourth-order valence-corrected chi connectivity index (χ4v) is 2.40. The van der Waals surface area contributed by atoms with E-state index in [0.717, 1.165) is 12.8 Å². The number of aliphatic hydroxyl groups is 2. The zero-order chi connectivity index (χ0) is 12.3. The van der Waals surface area contributed by atoms with E-state index >= 15 is 0 Å². The maximum Gasteiger partial charge on any atom is 0.163 e. The number of rotatable bonds is 4. The third-order valence-electron chi connectivity index (χ3n) is 3.32. The summed E-state index contributed by atoms with van der Waals surface area (Å²) in [6, 6.07) is 0. The van der Waals surface area contributed by atoms with Crippen LogP contribution < -0.4 is 0 Å². The van der Waals surface area contributed by atoms with Crippen molar-refractivity contribution in [3.8, 4) is 0 Å². The van der Waals surface area contributed by atoms with Crippen molar-refractivity contribution in [2.45, 2.75) is 58.2 Å². The number of hydrogen-bond acceptors (Lipinski definition) is 4. The van der Waals surface area contributed by atoms with Crippen LogP contribution in [0.25, 0.3) is 0 Å². The van der Waals surface area contributed by atoms with Gasteiger partial charge in [-0.3, -0.25) is 0 Å². The largest absolute Gasteiger partial charge is 0.390 e. The predicted molar refractivity (Wildman–Crippen MR) is 60.9 cm³/mol. The van der Waals surface area contributed by atoms with Crippen molar-refractivity contribution >= 4 is 0 Å². The molecule has 1 aliphatic heterocycles. The Morgan fingerprint density at radius 2 is 1.88 bits per heavy atom. The van der Waals surface area contributed by atoms with Crippen LogP contribution in [0.1, 0.15) is 33.6 Å². The summed E-state index contributed by atoms with van der Waals surface area (Å²) in [4.78, 5) is 0. The molecule has 0 radical (unpaired) electrons. The Balaban J connectivity index is 2.77. The summed E-state index contributed by atoms with van der Waals surface area (Å²) in [6.45, 7) is 6.02. The molecule has 4 heteroatoms. The zero-order valence-electron chi connectivity index (χ0n) is 10.6. The molecule has 1 saturated heterocycles. The highest BCUT2D eigenvalue weighted by molar-refractivity contribution is 4.90. The van der Waals surface area contributed by atoms with Gasteiger partial charge in [-0.15, -0.1) is 0 Å². The van der Waals surface area contributed by atoms with E-state index in [1.165, 1.54) is 0 Å². The SMILES string of the molecule is CCCC1OC(OC)C(C(C)C)C(O)C1O. The highest BCUT2D eigenvalue weighted by atomic mass is 16.7. The number of ether oxygens (including phenoxy) is 2. The monoisotopic (exact) mass is 232 g/mol. The summed E-state index contributed by atoms with van der Waals surface area (Å²) in [7, 11) is 1.58. The van der Waals surface area contributed by atoms with Crippen molar-refractivity contribution in [1.82, 2.24) is 0 Å². The van der Waals surface area contributed by atoms with E-state index in [0.29, 0.717) is 0 Å². The normalized spacial score (nSPS) is 40.3. The van der Waals surface area contributed by atoms with Crippen LogP contribution in [0, 0.1) is 11.8 Å². The van der Waals surface area contributed by atoms with Gasteiger partial charge in [0.1, 0.15) is 6.10 Å². The average Bonchev–Trinajstić information content (AvgIpc) is 2.24. The van der Waals surface area contributed by atoms with Gasteiger partial charge in [-0.1, -0.05) is 27.2 Å². The molecule has 96 valence electrons. The van der Waals surface area contributed by atoms with Crippen LogP contribution in [-0.4, -0.2) is 41.9 Å². The van der Waals surface area contributed by atoms with Gasteiger partial charge in [-0.2, -0.15) is 0 Å². The maximum absolute atomic E-state index is 10.1. The molecule has 1 rings (SSSR count). The second kappa shape index (κ2) is 5.96. The third-order valence-corrected chi connectivity index (χ3v) is 3.32. The standard InChI is InChI=1S/C12H24O4/c1-5-6-8-10(13)11(14)9(7(2)3)12(15-4)16-8/h7-14H,5-6H2,1-4H3. The first-order valence-corrected chi connectivity index (χ1v) is 6.07. The smallest absolute Gasteiger partial charge is 0.163 e. The second-order valence-corrected chi connectivity index (χ2v) is 4.87. The summed E-state index contributed by atoms with van der Waals surface area (Å²) in [5.41, 5.74) is 0. The molecule has 0 spiro atoms. The molecule has 5 atom stereocenters. The lowest BCUT2D eigenvalue weighted by Crippen LogP contribution is -2.56. The first-order valence-electron chi connectivity index (χ1n) is 6.07. The molecule has 0 amide bonds. The van der Waals surface area contributed by atoms with Crippen molar-refractivity contribution in [2.24, 2.45) is 11.8 Å². The Kier molecular flexibility index (Phi) is 5.18. The van der Waals surface area contributed by atoms with E-state index in [4.69, 9.17) is 9.47 Å². The predicted octanol–water partition coefficient (Wildman–Crippen LogP) is 1.15. The Hall–Kier alpha value is -0.160. The molecule has 0 saturated carbocycles. The lowest BCUT2D eigenvalue weighted by Gasteiger charge is -2.44. The van der Waals surface area contributed by atoms with Crippen LogP contribution in [-0.2, 0) is 9.47 Å². The molecular formula is C12H24O4. The van der Waals surface area contributed by atoms with Crippen LogP contribution in [0.15, 0.2) is 0 Å². The number of hydrogen-bond donors (Lipinski definition) is 2. The molecule has 1 heterocycles. The van der Waals surface area contributed by atoms with Gasteiger partial charge in [0, 0.05) is 13.0 Å². The Bertz CT molecular complexity index is 205. The van der Waals surface area contributed by atoms with Gasteiger partial charge < -0.3 is 19.7 Å². The van der Waals surface area contributed by atoms with Crippen molar-refractivity contribution < 1.29 is 19.7 Å². The van der Waals surface area contributed by atoms with E-state index in [1.54, 1.807) is 7.11 Å². The van der Waals surface area contributed by atoms with Crippen LogP contribution in [0.5, 0.6) is 0 Å². The van der Waals surface area contributed by atoms with Crippen LogP contribution >= 0.6 is 0 Å². The van der Waals surface area contributed by atoms with Crippen LogP contribution in [0.3, 0.4) is 0 Å². The molecule has 0 aromatic rings. The topological polar surface area (TPSA) is 58.9 Å². The van der Waals surface area contributed by atoms with Gasteiger partial charge in [0.05, 0.1) is 12.2 Å². The van der Waals surface area contributed by atoms with Crippen LogP contribution in [0.4, 0.5) is 0 Å². The second-order valence-electron chi connectivity index (χ2n) is 4.87. The van der Waals surface area contributed by atoms with Gasteiger partial charge in [0.25, 0.3) is 0 Å². The summed E-state index contributed by atoms with van der Waals surface area (Å²) < 4.78 is 11.0. The van der Waals surface area contributed by atoms with Crippen molar-refractivity contribution in [3.05, 3.63) is 0 Å². The van der Waals surface area contributed by atoms with E-state index < -0.39 is 18.5 Å². The highest BCUT2D eigenvalue weighted by Gasteiger charge is 2.45. The molecule has 16 heavy (non-hydrogen) atoms. The summed E-state index contributed by atoms with van der Waals surface area (Å²) >= 11 is 0. The first kappa shape index (κ1) is 13.9. The molecule has 4 nitrogen and oxygen atoms in total. The maximum atomic E-state index is 10.1. The van der Waals surface area contributed by atoms with Gasteiger partial charge in [0.2, 0.25) is 0 Å². The Morgan fingerprint density at radius 1 is 1.25 bits per heavy atom. The quantitative estimate of drug-likeness (QED) is 0.763. The van der Waals surface area contributed by atoms with E-state index in [2.05, 4.69) is 0 Å². The van der Waals surface area contributed by atoms with E-state index in [-0.39, 0.29) is 17.9 Å². The fraction of sp³-hybridized carbons (Fsp3) is 1.00. The minimum Gasteiger partial charge on any atom is -0.390 e. The third kappa shape index (κ3) is 2.74. The van der Waals surface area contributed by atoms with Crippen molar-refractivity contribution in [2.75, 3.05) is 7.11 Å². The first-order chi connectivity index (χ1) is 7.52. The summed E-state index contributed by atoms with van der Waals surface area (Å²) in [6.07, 6.45) is -0.663. The Labute approximate surface area is 97.6 Å². The molecule has 0 aliphatic carbocycles. The zero-order valence-corrected chi connectivity index (χ0v) is 10.6. The lowest BCUT2D eigenvalue weighted by molar-refractivity contribution is -0.281. The van der Waals surface area contributed by atoms with Gasteiger partial charge in [-0.05, 0) is 12.3 Å². The average molecular weight is 232 g/mol. The molecule has 0 bridgehead atoms. The molecular weight excluding hydrogens is 208 g/mol. The highest BCUT2D eigenvalue weighted by Crippen LogP contribution is 2.33. The molecule has 5 unspecified atom stereocenters. The van der Waals surface area contributed by atoms with Gasteiger partial charge >= 0.3 is 0 Å². The van der Waals surface area contributed by atoms with Crippen molar-refractivity contribution in [1.29, 1.82) is 0 Å². The van der Waals surface area contributed by atoms with E-state index in [9.17, 15) is 10.2 Å². The minimum atomic E-state index is -0.807. The Morgan fingerprint density at radius 3 is 2.31 bits per heavy atom. The molecule has 2 N–H and O–H groups in total.